The fraction of sp³-hybridized carbons (Fsp3) is 0.174. The second-order valence-electron chi connectivity index (χ2n) is 7.05. The van der Waals surface area contributed by atoms with Crippen molar-refractivity contribution in [2.45, 2.75) is 18.0 Å². The summed E-state index contributed by atoms with van der Waals surface area (Å²) in [6.45, 7) is -0.278. The zero-order valence-electron chi connectivity index (χ0n) is 16.9. The highest BCUT2D eigenvalue weighted by Gasteiger charge is 2.28. The van der Waals surface area contributed by atoms with Crippen LogP contribution < -0.4 is 0 Å². The van der Waals surface area contributed by atoms with E-state index in [2.05, 4.69) is 15.9 Å². The topological polar surface area (TPSA) is 57.7 Å². The number of likely N-dealkylation sites (N-methyl/N-ethyl adjacent to an activating group) is 1. The van der Waals surface area contributed by atoms with Crippen molar-refractivity contribution in [3.8, 4) is 0 Å². The van der Waals surface area contributed by atoms with Gasteiger partial charge in [-0.1, -0.05) is 64.5 Å². The van der Waals surface area contributed by atoms with Crippen molar-refractivity contribution in [1.29, 1.82) is 0 Å². The highest BCUT2D eigenvalue weighted by atomic mass is 79.9. The second kappa shape index (κ2) is 10.2. The summed E-state index contributed by atoms with van der Waals surface area (Å²) in [6.07, 6.45) is 0. The molecule has 31 heavy (non-hydrogen) atoms. The number of benzene rings is 3. The van der Waals surface area contributed by atoms with Gasteiger partial charge in [0.05, 0.1) is 11.4 Å². The van der Waals surface area contributed by atoms with Gasteiger partial charge in [0, 0.05) is 30.2 Å². The number of hydrogen-bond acceptors (Lipinski definition) is 3. The van der Waals surface area contributed by atoms with E-state index in [4.69, 9.17) is 0 Å². The smallest absolute Gasteiger partial charge is 0.243 e. The SMILES string of the molecule is CN(Cc1ccccc1F)C(=O)CN(Cc1ccccc1)S(=O)(=O)c1ccc(Br)cc1. The average molecular weight is 505 g/mol. The molecule has 1 amide bonds. The van der Waals surface area contributed by atoms with E-state index in [1.807, 2.05) is 18.2 Å². The van der Waals surface area contributed by atoms with Gasteiger partial charge < -0.3 is 4.90 Å². The van der Waals surface area contributed by atoms with E-state index in [0.717, 1.165) is 14.3 Å². The standard InChI is InChI=1S/C23H22BrFN2O3S/c1-26(16-19-9-5-6-10-22(19)25)23(28)17-27(15-18-7-3-2-4-8-18)31(29,30)21-13-11-20(24)12-14-21/h2-14H,15-17H2,1H3. The molecular formula is C23H22BrFN2O3S. The lowest BCUT2D eigenvalue weighted by Gasteiger charge is -2.25. The highest BCUT2D eigenvalue weighted by molar-refractivity contribution is 9.10. The fourth-order valence-corrected chi connectivity index (χ4v) is 4.65. The van der Waals surface area contributed by atoms with Gasteiger partial charge in [0.1, 0.15) is 5.82 Å². The molecule has 0 spiro atoms. The second-order valence-corrected chi connectivity index (χ2v) is 9.91. The van der Waals surface area contributed by atoms with Gasteiger partial charge in [0.15, 0.2) is 0 Å². The van der Waals surface area contributed by atoms with Crippen LogP contribution in [0.3, 0.4) is 0 Å². The lowest BCUT2D eigenvalue weighted by molar-refractivity contribution is -0.130. The third-order valence-electron chi connectivity index (χ3n) is 4.76. The molecule has 5 nitrogen and oxygen atoms in total. The van der Waals surface area contributed by atoms with E-state index in [1.54, 1.807) is 42.5 Å². The van der Waals surface area contributed by atoms with Crippen molar-refractivity contribution in [3.63, 3.8) is 0 Å². The van der Waals surface area contributed by atoms with Crippen molar-refractivity contribution < 1.29 is 17.6 Å². The quantitative estimate of drug-likeness (QED) is 0.455. The Bertz CT molecular complexity index is 1140. The van der Waals surface area contributed by atoms with Crippen LogP contribution in [0.1, 0.15) is 11.1 Å². The van der Waals surface area contributed by atoms with E-state index in [1.165, 1.54) is 30.1 Å². The maximum absolute atomic E-state index is 14.0. The zero-order valence-corrected chi connectivity index (χ0v) is 19.3. The molecule has 3 rings (SSSR count). The molecule has 0 aliphatic carbocycles. The molecule has 3 aromatic rings. The molecule has 0 saturated heterocycles. The lowest BCUT2D eigenvalue weighted by Crippen LogP contribution is -2.41. The van der Waals surface area contributed by atoms with Gasteiger partial charge in [-0.25, -0.2) is 12.8 Å². The highest BCUT2D eigenvalue weighted by Crippen LogP contribution is 2.21. The van der Waals surface area contributed by atoms with Gasteiger partial charge in [-0.2, -0.15) is 4.31 Å². The zero-order chi connectivity index (χ0) is 22.4. The number of carbonyl (C=O) groups is 1. The molecular weight excluding hydrogens is 483 g/mol. The molecule has 0 heterocycles. The first-order chi connectivity index (χ1) is 14.8. The monoisotopic (exact) mass is 504 g/mol. The summed E-state index contributed by atoms with van der Waals surface area (Å²) in [5, 5.41) is 0. The molecule has 0 saturated carbocycles. The van der Waals surface area contributed by atoms with Gasteiger partial charge in [0.25, 0.3) is 0 Å². The number of hydrogen-bond donors (Lipinski definition) is 0. The summed E-state index contributed by atoms with van der Waals surface area (Å²) in [5.74, 6) is -0.842. The van der Waals surface area contributed by atoms with E-state index in [0.29, 0.717) is 5.56 Å². The Kier molecular flexibility index (Phi) is 7.59. The Morgan fingerprint density at radius 3 is 2.16 bits per heavy atom. The molecule has 0 aliphatic heterocycles. The normalized spacial score (nSPS) is 11.5. The van der Waals surface area contributed by atoms with Crippen LogP contribution in [0, 0.1) is 5.82 Å². The Labute approximate surface area is 190 Å². The third-order valence-corrected chi connectivity index (χ3v) is 7.09. The summed E-state index contributed by atoms with van der Waals surface area (Å²) < 4.78 is 42.5. The predicted molar refractivity (Wildman–Crippen MR) is 121 cm³/mol. The van der Waals surface area contributed by atoms with E-state index in [-0.39, 0.29) is 24.5 Å². The molecule has 0 aliphatic rings. The van der Waals surface area contributed by atoms with Gasteiger partial charge in [0.2, 0.25) is 15.9 Å². The summed E-state index contributed by atoms with van der Waals surface area (Å²) in [4.78, 5) is 14.3. The number of carbonyl (C=O) groups excluding carboxylic acids is 1. The van der Waals surface area contributed by atoms with Crippen molar-refractivity contribution in [2.75, 3.05) is 13.6 Å². The Hall–Kier alpha value is -2.55. The molecule has 0 fully saturated rings. The predicted octanol–water partition coefficient (Wildman–Crippen LogP) is 4.44. The molecule has 8 heteroatoms. The summed E-state index contributed by atoms with van der Waals surface area (Å²) in [6, 6.07) is 21.5. The number of amides is 1. The fourth-order valence-electron chi connectivity index (χ4n) is 3.01. The summed E-state index contributed by atoms with van der Waals surface area (Å²) >= 11 is 3.30. The minimum atomic E-state index is -3.93. The van der Waals surface area contributed by atoms with Gasteiger partial charge >= 0.3 is 0 Å². The lowest BCUT2D eigenvalue weighted by atomic mass is 10.2. The van der Waals surface area contributed by atoms with Crippen molar-refractivity contribution >= 4 is 31.9 Å². The third kappa shape index (κ3) is 6.00. The molecule has 0 unspecified atom stereocenters. The van der Waals surface area contributed by atoms with E-state index in [9.17, 15) is 17.6 Å². The van der Waals surface area contributed by atoms with Crippen LogP contribution in [0.4, 0.5) is 4.39 Å². The van der Waals surface area contributed by atoms with Gasteiger partial charge in [-0.3, -0.25) is 4.79 Å². The molecule has 0 aromatic heterocycles. The van der Waals surface area contributed by atoms with Crippen LogP contribution in [0.15, 0.2) is 88.2 Å². The average Bonchev–Trinajstić information content (AvgIpc) is 2.76. The number of nitrogens with zero attached hydrogens (tertiary/aromatic N) is 2. The molecule has 0 bridgehead atoms. The molecule has 0 atom stereocenters. The molecule has 0 N–H and O–H groups in total. The molecule has 162 valence electrons. The Balaban J connectivity index is 1.84. The summed E-state index contributed by atoms with van der Waals surface area (Å²) in [5.41, 5.74) is 1.12. The van der Waals surface area contributed by atoms with Crippen molar-refractivity contribution in [1.82, 2.24) is 9.21 Å². The molecule has 3 aromatic carbocycles. The van der Waals surface area contributed by atoms with Crippen molar-refractivity contribution in [3.05, 3.63) is 100 Å². The van der Waals surface area contributed by atoms with Crippen LogP contribution in [-0.2, 0) is 27.9 Å². The van der Waals surface area contributed by atoms with Crippen LogP contribution in [0.5, 0.6) is 0 Å². The van der Waals surface area contributed by atoms with Crippen LogP contribution in [-0.4, -0.2) is 37.1 Å². The number of halogens is 2. The minimum Gasteiger partial charge on any atom is -0.340 e. The minimum absolute atomic E-state index is 0.0402. The Morgan fingerprint density at radius 1 is 0.903 bits per heavy atom. The van der Waals surface area contributed by atoms with Crippen LogP contribution >= 0.6 is 15.9 Å². The van der Waals surface area contributed by atoms with E-state index < -0.39 is 21.7 Å². The van der Waals surface area contributed by atoms with Crippen LogP contribution in [0.25, 0.3) is 0 Å². The maximum atomic E-state index is 14.0. The Morgan fingerprint density at radius 2 is 1.52 bits per heavy atom. The summed E-state index contributed by atoms with van der Waals surface area (Å²) in [7, 11) is -2.41. The molecule has 0 radical (unpaired) electrons. The number of sulfonamides is 1. The van der Waals surface area contributed by atoms with Crippen LogP contribution in [0.2, 0.25) is 0 Å². The first kappa shape index (κ1) is 23.1. The first-order valence-corrected chi connectivity index (χ1v) is 11.8. The maximum Gasteiger partial charge on any atom is 0.243 e. The van der Waals surface area contributed by atoms with Gasteiger partial charge in [-0.15, -0.1) is 0 Å². The van der Waals surface area contributed by atoms with Crippen molar-refractivity contribution in [2.24, 2.45) is 0 Å². The first-order valence-electron chi connectivity index (χ1n) is 9.54. The largest absolute Gasteiger partial charge is 0.340 e. The van der Waals surface area contributed by atoms with E-state index >= 15 is 0 Å². The van der Waals surface area contributed by atoms with Gasteiger partial charge in [-0.05, 0) is 35.9 Å². The number of rotatable bonds is 8.